The minimum absolute atomic E-state index is 0.0431. The number of nitrogens with zero attached hydrogens (tertiary/aromatic N) is 1. The van der Waals surface area contributed by atoms with E-state index in [2.05, 4.69) is 52.8 Å². The molecule has 0 amide bonds. The summed E-state index contributed by atoms with van der Waals surface area (Å²) in [6, 6.07) is 12.4. The zero-order chi connectivity index (χ0) is 23.3. The van der Waals surface area contributed by atoms with E-state index in [1.54, 1.807) is 12.1 Å². The van der Waals surface area contributed by atoms with E-state index < -0.39 is 12.2 Å². The lowest BCUT2D eigenvalue weighted by molar-refractivity contribution is -0.145. The van der Waals surface area contributed by atoms with Gasteiger partial charge >= 0.3 is 6.18 Å². The van der Waals surface area contributed by atoms with Crippen molar-refractivity contribution >= 4 is 11.3 Å². The first-order valence-corrected chi connectivity index (χ1v) is 11.3. The molecule has 0 N–H and O–H groups in total. The molecule has 0 saturated carbocycles. The molecular formula is C27H32F3NO. The van der Waals surface area contributed by atoms with Crippen LogP contribution in [0.4, 0.5) is 18.9 Å². The lowest BCUT2D eigenvalue weighted by atomic mass is 9.81. The molecule has 172 valence electrons. The summed E-state index contributed by atoms with van der Waals surface area (Å²) in [5.74, 6) is 0. The van der Waals surface area contributed by atoms with Crippen LogP contribution < -0.4 is 4.90 Å². The minimum Gasteiger partial charge on any atom is -0.364 e. The van der Waals surface area contributed by atoms with Crippen LogP contribution >= 0.6 is 0 Å². The normalized spacial score (nSPS) is 21.4. The summed E-state index contributed by atoms with van der Waals surface area (Å²) < 4.78 is 46.2. The molecule has 0 bridgehead atoms. The number of alkyl halides is 3. The van der Waals surface area contributed by atoms with Crippen LogP contribution in [0, 0.1) is 0 Å². The first kappa shape index (κ1) is 22.9. The zero-order valence-electron chi connectivity index (χ0n) is 19.5. The summed E-state index contributed by atoms with van der Waals surface area (Å²) in [6.07, 6.45) is -3.56. The molecule has 0 aromatic heterocycles. The van der Waals surface area contributed by atoms with Crippen LogP contribution in [0.3, 0.4) is 0 Å². The third kappa shape index (κ3) is 4.19. The first-order chi connectivity index (χ1) is 15.0. The molecule has 1 unspecified atom stereocenters. The summed E-state index contributed by atoms with van der Waals surface area (Å²) in [6.45, 7) is 11.8. The maximum absolute atomic E-state index is 13.3. The highest BCUT2D eigenvalue weighted by molar-refractivity contribution is 5.79. The maximum atomic E-state index is 13.3. The monoisotopic (exact) mass is 443 g/mol. The van der Waals surface area contributed by atoms with Crippen molar-refractivity contribution in [3.05, 3.63) is 70.3 Å². The molecule has 2 aromatic rings. The Balaban J connectivity index is 1.50. The van der Waals surface area contributed by atoms with Crippen LogP contribution in [0.1, 0.15) is 75.8 Å². The smallest absolute Gasteiger partial charge is 0.364 e. The second kappa shape index (κ2) is 8.26. The van der Waals surface area contributed by atoms with Gasteiger partial charge in [0.1, 0.15) is 12.1 Å². The summed E-state index contributed by atoms with van der Waals surface area (Å²) in [5, 5.41) is 0. The largest absolute Gasteiger partial charge is 0.408 e. The fourth-order valence-electron chi connectivity index (χ4n) is 5.05. The molecule has 0 radical (unpaired) electrons. The van der Waals surface area contributed by atoms with Crippen LogP contribution in [0.5, 0.6) is 0 Å². The van der Waals surface area contributed by atoms with E-state index >= 15 is 0 Å². The topological polar surface area (TPSA) is 12.5 Å². The number of hydrogen-bond donors (Lipinski definition) is 0. The number of anilines is 1. The van der Waals surface area contributed by atoms with E-state index in [9.17, 15) is 13.2 Å². The number of benzene rings is 2. The first-order valence-electron chi connectivity index (χ1n) is 11.3. The molecule has 4 rings (SSSR count). The average Bonchev–Trinajstić information content (AvgIpc) is 3.31. The summed E-state index contributed by atoms with van der Waals surface area (Å²) >= 11 is 0. The average molecular weight is 444 g/mol. The van der Waals surface area contributed by atoms with Gasteiger partial charge in [0.05, 0.1) is 6.61 Å². The van der Waals surface area contributed by atoms with Gasteiger partial charge < -0.3 is 9.64 Å². The van der Waals surface area contributed by atoms with E-state index in [4.69, 9.17) is 4.74 Å². The van der Waals surface area contributed by atoms with Crippen LogP contribution in [0.2, 0.25) is 0 Å². The summed E-state index contributed by atoms with van der Waals surface area (Å²) in [7, 11) is 0. The SMILES string of the molecule is CC1=C(C)C(OCc2ccc(N3CCC[C@H]3C(F)(F)F)cc2)c2cccc(C(C)(C)C)c21. The Morgan fingerprint density at radius 1 is 1.00 bits per heavy atom. The highest BCUT2D eigenvalue weighted by Crippen LogP contribution is 2.46. The Bertz CT molecular complexity index is 1010. The molecule has 1 heterocycles. The zero-order valence-corrected chi connectivity index (χ0v) is 19.5. The van der Waals surface area contributed by atoms with E-state index in [-0.39, 0.29) is 17.9 Å². The van der Waals surface area contributed by atoms with Gasteiger partial charge in [0.2, 0.25) is 0 Å². The number of fused-ring (bicyclic) bond motifs is 1. The molecule has 2 atom stereocenters. The Kier molecular flexibility index (Phi) is 5.91. The van der Waals surface area contributed by atoms with Gasteiger partial charge in [-0.3, -0.25) is 0 Å². The second-order valence-electron chi connectivity index (χ2n) is 10.1. The molecule has 2 aliphatic rings. The highest BCUT2D eigenvalue weighted by atomic mass is 19.4. The van der Waals surface area contributed by atoms with E-state index in [1.165, 1.54) is 32.7 Å². The highest BCUT2D eigenvalue weighted by Gasteiger charge is 2.46. The molecular weight excluding hydrogens is 411 g/mol. The predicted octanol–water partition coefficient (Wildman–Crippen LogP) is 7.58. The second-order valence-corrected chi connectivity index (χ2v) is 10.1. The molecule has 1 aliphatic carbocycles. The summed E-state index contributed by atoms with van der Waals surface area (Å²) in [4.78, 5) is 1.47. The number of hydrogen-bond acceptors (Lipinski definition) is 2. The molecule has 0 spiro atoms. The van der Waals surface area contributed by atoms with Crippen molar-refractivity contribution in [1.82, 2.24) is 0 Å². The Labute approximate surface area is 189 Å². The van der Waals surface area contributed by atoms with Crippen molar-refractivity contribution in [2.75, 3.05) is 11.4 Å². The van der Waals surface area contributed by atoms with Crippen molar-refractivity contribution < 1.29 is 17.9 Å². The van der Waals surface area contributed by atoms with Crippen molar-refractivity contribution in [3.8, 4) is 0 Å². The van der Waals surface area contributed by atoms with Crippen molar-refractivity contribution in [2.24, 2.45) is 0 Å². The molecule has 1 fully saturated rings. The molecule has 32 heavy (non-hydrogen) atoms. The van der Waals surface area contributed by atoms with Gasteiger partial charge in [0, 0.05) is 12.2 Å². The predicted molar refractivity (Wildman–Crippen MR) is 124 cm³/mol. The van der Waals surface area contributed by atoms with Gasteiger partial charge in [-0.15, -0.1) is 0 Å². The fourth-order valence-corrected chi connectivity index (χ4v) is 5.05. The van der Waals surface area contributed by atoms with Gasteiger partial charge in [-0.2, -0.15) is 13.2 Å². The van der Waals surface area contributed by atoms with Crippen LogP contribution in [-0.4, -0.2) is 18.8 Å². The van der Waals surface area contributed by atoms with Gasteiger partial charge in [-0.1, -0.05) is 51.1 Å². The van der Waals surface area contributed by atoms with E-state index in [0.717, 1.165) is 5.56 Å². The quantitative estimate of drug-likeness (QED) is 0.483. The standard InChI is InChI=1S/C27H32F3NO/c1-17-18(2)25(21-8-6-9-22(24(17)21)26(3,4)5)32-16-19-11-13-20(14-12-19)31-15-7-10-23(31)27(28,29)30/h6,8-9,11-14,23,25H,7,10,15-16H2,1-5H3/t23-,25?/m0/s1. The van der Waals surface area contributed by atoms with Gasteiger partial charge in [0.15, 0.2) is 0 Å². The van der Waals surface area contributed by atoms with Crippen LogP contribution in [0.25, 0.3) is 5.57 Å². The maximum Gasteiger partial charge on any atom is 0.408 e. The van der Waals surface area contributed by atoms with E-state index in [1.807, 2.05) is 12.1 Å². The molecule has 2 nitrogen and oxygen atoms in total. The molecule has 1 aliphatic heterocycles. The number of halogens is 3. The van der Waals surface area contributed by atoms with Crippen LogP contribution in [-0.2, 0) is 16.8 Å². The van der Waals surface area contributed by atoms with Crippen molar-refractivity contribution in [1.29, 1.82) is 0 Å². The molecule has 5 heteroatoms. The molecule has 2 aromatic carbocycles. The Morgan fingerprint density at radius 2 is 1.69 bits per heavy atom. The Morgan fingerprint density at radius 3 is 2.31 bits per heavy atom. The Hall–Kier alpha value is -2.27. The van der Waals surface area contributed by atoms with E-state index in [0.29, 0.717) is 25.3 Å². The third-order valence-corrected chi connectivity index (χ3v) is 6.86. The minimum atomic E-state index is -4.19. The lowest BCUT2D eigenvalue weighted by Gasteiger charge is -2.28. The lowest BCUT2D eigenvalue weighted by Crippen LogP contribution is -2.41. The fraction of sp³-hybridized carbons (Fsp3) is 0.481. The number of allylic oxidation sites excluding steroid dienone is 1. The van der Waals surface area contributed by atoms with Gasteiger partial charge in [0.25, 0.3) is 0 Å². The van der Waals surface area contributed by atoms with Crippen molar-refractivity contribution in [2.45, 2.75) is 77.8 Å². The van der Waals surface area contributed by atoms with Crippen molar-refractivity contribution in [3.63, 3.8) is 0 Å². The van der Waals surface area contributed by atoms with Gasteiger partial charge in [-0.05, 0) is 77.6 Å². The summed E-state index contributed by atoms with van der Waals surface area (Å²) in [5.41, 5.74) is 7.95. The number of rotatable bonds is 4. The number of ether oxygens (including phenoxy) is 1. The van der Waals surface area contributed by atoms with Crippen LogP contribution in [0.15, 0.2) is 48.0 Å². The van der Waals surface area contributed by atoms with Gasteiger partial charge in [-0.25, -0.2) is 0 Å². The molecule has 1 saturated heterocycles. The third-order valence-electron chi connectivity index (χ3n) is 6.86.